The lowest BCUT2D eigenvalue weighted by molar-refractivity contribution is 0.0746. The van der Waals surface area contributed by atoms with E-state index in [1.165, 1.54) is 12.1 Å². The van der Waals surface area contributed by atoms with Gasteiger partial charge in [-0.2, -0.15) is 0 Å². The highest BCUT2D eigenvalue weighted by Crippen LogP contribution is 2.38. The lowest BCUT2D eigenvalue weighted by Crippen LogP contribution is -2.49. The van der Waals surface area contributed by atoms with E-state index in [0.29, 0.717) is 31.7 Å². The minimum atomic E-state index is -0.256. The van der Waals surface area contributed by atoms with E-state index in [1.54, 1.807) is 29.8 Å². The van der Waals surface area contributed by atoms with Gasteiger partial charge < -0.3 is 9.80 Å². The molecule has 0 N–H and O–H groups in total. The van der Waals surface area contributed by atoms with Crippen LogP contribution in [-0.2, 0) is 0 Å². The average molecular weight is 418 g/mol. The van der Waals surface area contributed by atoms with Gasteiger partial charge in [-0.05, 0) is 29.8 Å². The predicted octanol–water partition coefficient (Wildman–Crippen LogP) is 4.46. The summed E-state index contributed by atoms with van der Waals surface area (Å²) in [4.78, 5) is 26.7. The molecule has 1 saturated heterocycles. The number of rotatable bonds is 3. The number of piperazine rings is 1. The number of carbonyl (C=O) groups is 1. The maximum atomic E-state index is 13.4. The van der Waals surface area contributed by atoms with Crippen LogP contribution in [0.15, 0.2) is 66.3 Å². The molecular weight excluding hydrogens is 399 g/mol. The minimum Gasteiger partial charge on any atom is -0.352 e. The van der Waals surface area contributed by atoms with Crippen molar-refractivity contribution in [3.8, 4) is 11.1 Å². The van der Waals surface area contributed by atoms with E-state index in [2.05, 4.69) is 14.9 Å². The number of halogens is 1. The zero-order valence-corrected chi connectivity index (χ0v) is 17.0. The lowest BCUT2D eigenvalue weighted by atomic mass is 10.1. The van der Waals surface area contributed by atoms with Crippen molar-refractivity contribution in [2.24, 2.45) is 0 Å². The summed E-state index contributed by atoms with van der Waals surface area (Å²) >= 11 is 1.56. The van der Waals surface area contributed by atoms with Crippen LogP contribution in [0.5, 0.6) is 0 Å². The molecule has 1 aliphatic heterocycles. The Morgan fingerprint density at radius 3 is 2.40 bits per heavy atom. The molecule has 0 aliphatic carbocycles. The molecular formula is C23H19FN4OS. The first-order valence-electron chi connectivity index (χ1n) is 9.78. The highest BCUT2D eigenvalue weighted by atomic mass is 32.1. The zero-order valence-electron chi connectivity index (χ0n) is 16.2. The van der Waals surface area contributed by atoms with Gasteiger partial charge in [0.2, 0.25) is 0 Å². The predicted molar refractivity (Wildman–Crippen MR) is 117 cm³/mol. The monoisotopic (exact) mass is 418 g/mol. The Morgan fingerprint density at radius 1 is 0.933 bits per heavy atom. The van der Waals surface area contributed by atoms with E-state index in [4.69, 9.17) is 0 Å². The number of hydrogen-bond donors (Lipinski definition) is 0. The van der Waals surface area contributed by atoms with E-state index in [0.717, 1.165) is 27.2 Å². The van der Waals surface area contributed by atoms with Gasteiger partial charge in [0, 0.05) is 42.7 Å². The number of thiophene rings is 1. The molecule has 1 aliphatic rings. The Bertz CT molecular complexity index is 1190. The smallest absolute Gasteiger partial charge is 0.253 e. The van der Waals surface area contributed by atoms with Gasteiger partial charge in [0.25, 0.3) is 5.91 Å². The fourth-order valence-corrected chi connectivity index (χ4v) is 4.74. The zero-order chi connectivity index (χ0) is 20.5. The highest BCUT2D eigenvalue weighted by molar-refractivity contribution is 7.17. The summed E-state index contributed by atoms with van der Waals surface area (Å²) in [5.74, 6) is 0.673. The van der Waals surface area contributed by atoms with Gasteiger partial charge in [-0.3, -0.25) is 4.79 Å². The van der Waals surface area contributed by atoms with E-state index >= 15 is 0 Å². The van der Waals surface area contributed by atoms with Gasteiger partial charge in [-0.25, -0.2) is 14.4 Å². The molecule has 1 fully saturated rings. The molecule has 7 heteroatoms. The maximum absolute atomic E-state index is 13.4. The standard InChI is InChI=1S/C23H19FN4OS/c24-18-8-6-16(7-9-18)19-14-30-22-20(19)21(25-15-26-22)27-10-12-28(13-11-27)23(29)17-4-2-1-3-5-17/h1-9,14-15H,10-13H2. The Morgan fingerprint density at radius 2 is 1.67 bits per heavy atom. The van der Waals surface area contributed by atoms with Crippen LogP contribution in [0.25, 0.3) is 21.3 Å². The molecule has 5 nitrogen and oxygen atoms in total. The molecule has 1 amide bonds. The third kappa shape index (κ3) is 3.41. The van der Waals surface area contributed by atoms with E-state index in [9.17, 15) is 9.18 Å². The number of hydrogen-bond acceptors (Lipinski definition) is 5. The summed E-state index contributed by atoms with van der Waals surface area (Å²) in [7, 11) is 0. The summed E-state index contributed by atoms with van der Waals surface area (Å²) in [6.07, 6.45) is 1.59. The van der Waals surface area contributed by atoms with Crippen LogP contribution in [-0.4, -0.2) is 47.0 Å². The van der Waals surface area contributed by atoms with Crippen molar-refractivity contribution in [2.75, 3.05) is 31.1 Å². The Labute approximate surface area is 177 Å². The number of amides is 1. The fourth-order valence-electron chi connectivity index (χ4n) is 3.83. The lowest BCUT2D eigenvalue weighted by Gasteiger charge is -2.35. The molecule has 0 bridgehead atoms. The quantitative estimate of drug-likeness (QED) is 0.493. The highest BCUT2D eigenvalue weighted by Gasteiger charge is 2.25. The van der Waals surface area contributed by atoms with Gasteiger partial charge in [-0.1, -0.05) is 30.3 Å². The van der Waals surface area contributed by atoms with Crippen LogP contribution in [0.3, 0.4) is 0 Å². The normalized spacial score (nSPS) is 14.3. The Hall–Kier alpha value is -3.32. The van der Waals surface area contributed by atoms with Gasteiger partial charge in [0.15, 0.2) is 0 Å². The topological polar surface area (TPSA) is 49.3 Å². The number of aromatic nitrogens is 2. The number of carbonyl (C=O) groups excluding carboxylic acids is 1. The third-order valence-electron chi connectivity index (χ3n) is 5.39. The Kier molecular flexibility index (Phi) is 4.88. The number of fused-ring (bicyclic) bond motifs is 1. The number of nitrogens with zero attached hydrogens (tertiary/aromatic N) is 4. The van der Waals surface area contributed by atoms with Crippen molar-refractivity contribution >= 4 is 33.3 Å². The summed E-state index contributed by atoms with van der Waals surface area (Å²) in [5, 5.41) is 3.03. The molecule has 30 heavy (non-hydrogen) atoms. The Balaban J connectivity index is 1.41. The molecule has 5 rings (SSSR count). The first-order chi connectivity index (χ1) is 14.7. The van der Waals surface area contributed by atoms with Crippen molar-refractivity contribution in [2.45, 2.75) is 0 Å². The molecule has 0 unspecified atom stereocenters. The van der Waals surface area contributed by atoms with Gasteiger partial charge >= 0.3 is 0 Å². The molecule has 0 radical (unpaired) electrons. The van der Waals surface area contributed by atoms with Crippen LogP contribution in [0.2, 0.25) is 0 Å². The largest absolute Gasteiger partial charge is 0.352 e. The second kappa shape index (κ2) is 7.84. The second-order valence-electron chi connectivity index (χ2n) is 7.18. The summed E-state index contributed by atoms with van der Waals surface area (Å²) in [6.45, 7) is 2.66. The van der Waals surface area contributed by atoms with E-state index in [1.807, 2.05) is 40.6 Å². The molecule has 0 spiro atoms. The van der Waals surface area contributed by atoms with Crippen LogP contribution in [0.4, 0.5) is 10.2 Å². The molecule has 2 aromatic carbocycles. The van der Waals surface area contributed by atoms with E-state index in [-0.39, 0.29) is 11.7 Å². The average Bonchev–Trinajstić information content (AvgIpc) is 3.24. The van der Waals surface area contributed by atoms with Crippen molar-refractivity contribution < 1.29 is 9.18 Å². The first-order valence-corrected chi connectivity index (χ1v) is 10.7. The third-order valence-corrected chi connectivity index (χ3v) is 6.28. The molecule has 0 atom stereocenters. The molecule has 150 valence electrons. The molecule has 2 aromatic heterocycles. The van der Waals surface area contributed by atoms with Crippen LogP contribution < -0.4 is 4.90 Å². The van der Waals surface area contributed by atoms with Crippen LogP contribution in [0.1, 0.15) is 10.4 Å². The van der Waals surface area contributed by atoms with Gasteiger partial charge in [-0.15, -0.1) is 11.3 Å². The number of anilines is 1. The van der Waals surface area contributed by atoms with Crippen molar-refractivity contribution in [1.29, 1.82) is 0 Å². The van der Waals surface area contributed by atoms with Gasteiger partial charge in [0.1, 0.15) is 22.8 Å². The molecule has 3 heterocycles. The SMILES string of the molecule is O=C(c1ccccc1)N1CCN(c2ncnc3scc(-c4ccc(F)cc4)c23)CC1. The molecule has 0 saturated carbocycles. The number of benzene rings is 2. The first kappa shape index (κ1) is 18.7. The van der Waals surface area contributed by atoms with Crippen molar-refractivity contribution in [3.05, 3.63) is 77.7 Å². The van der Waals surface area contributed by atoms with Crippen LogP contribution in [0, 0.1) is 5.82 Å². The minimum absolute atomic E-state index is 0.0608. The summed E-state index contributed by atoms with van der Waals surface area (Å²) in [6, 6.07) is 15.9. The fraction of sp³-hybridized carbons (Fsp3) is 0.174. The maximum Gasteiger partial charge on any atom is 0.253 e. The molecule has 4 aromatic rings. The summed E-state index contributed by atoms with van der Waals surface area (Å²) in [5.41, 5.74) is 2.66. The van der Waals surface area contributed by atoms with Crippen molar-refractivity contribution in [3.63, 3.8) is 0 Å². The van der Waals surface area contributed by atoms with E-state index < -0.39 is 0 Å². The van der Waals surface area contributed by atoms with Crippen molar-refractivity contribution in [1.82, 2.24) is 14.9 Å². The van der Waals surface area contributed by atoms with Crippen LogP contribution >= 0.6 is 11.3 Å². The van der Waals surface area contributed by atoms with Gasteiger partial charge in [0.05, 0.1) is 5.39 Å². The second-order valence-corrected chi connectivity index (χ2v) is 8.04. The summed E-state index contributed by atoms with van der Waals surface area (Å²) < 4.78 is 13.4.